The van der Waals surface area contributed by atoms with E-state index in [-0.39, 0.29) is 17.1 Å². The third-order valence-electron chi connectivity index (χ3n) is 5.43. The topological polar surface area (TPSA) is 164 Å². The zero-order valence-corrected chi connectivity index (χ0v) is 17.4. The maximum atomic E-state index is 12.2. The Hall–Kier alpha value is -1.82. The third-order valence-corrected chi connectivity index (χ3v) is 6.39. The second-order valence-corrected chi connectivity index (χ2v) is 9.41. The van der Waals surface area contributed by atoms with Crippen molar-refractivity contribution in [2.45, 2.75) is 63.3 Å². The first-order valence-corrected chi connectivity index (χ1v) is 10.7. The van der Waals surface area contributed by atoms with Gasteiger partial charge in [-0.1, -0.05) is 6.92 Å². The zero-order chi connectivity index (χ0) is 21.2. The second kappa shape index (κ2) is 6.59. The van der Waals surface area contributed by atoms with Crippen LogP contribution in [0.5, 0.6) is 0 Å². The molecule has 0 saturated carbocycles. The van der Waals surface area contributed by atoms with Gasteiger partial charge in [-0.15, -0.1) is 0 Å². The lowest BCUT2D eigenvalue weighted by Crippen LogP contribution is -2.56. The third kappa shape index (κ3) is 3.29. The van der Waals surface area contributed by atoms with Crippen LogP contribution < -0.4 is 11.3 Å². The van der Waals surface area contributed by atoms with Gasteiger partial charge in [0.1, 0.15) is 17.8 Å². The van der Waals surface area contributed by atoms with Crippen LogP contribution >= 0.6 is 7.82 Å². The average Bonchev–Trinajstić information content (AvgIpc) is 3.11. The number of anilines is 1. The number of hydrogen-bond donors (Lipinski definition) is 3. The number of phosphoric acid groups is 1. The predicted octanol–water partition coefficient (Wildman–Crippen LogP) is 1.08. The van der Waals surface area contributed by atoms with Crippen LogP contribution in [0.1, 0.15) is 39.8 Å². The summed E-state index contributed by atoms with van der Waals surface area (Å²) in [6.07, 6.45) is -0.169. The van der Waals surface area contributed by atoms with E-state index in [1.807, 2.05) is 20.8 Å². The second-order valence-electron chi connectivity index (χ2n) is 7.90. The van der Waals surface area contributed by atoms with Crippen molar-refractivity contribution in [3.05, 3.63) is 16.7 Å². The van der Waals surface area contributed by atoms with Crippen molar-refractivity contribution in [2.75, 3.05) is 12.8 Å². The molecule has 2 aliphatic heterocycles. The minimum atomic E-state index is -4.32. The normalized spacial score (nSPS) is 33.1. The lowest BCUT2D eigenvalue weighted by molar-refractivity contribution is -0.179. The van der Waals surface area contributed by atoms with Gasteiger partial charge in [-0.2, -0.15) is 4.98 Å². The Kier molecular flexibility index (Phi) is 4.65. The molecule has 2 fully saturated rings. The van der Waals surface area contributed by atoms with Crippen molar-refractivity contribution in [3.63, 3.8) is 0 Å². The fourth-order valence-electron chi connectivity index (χ4n) is 4.31. The van der Waals surface area contributed by atoms with Crippen LogP contribution in [-0.4, -0.2) is 54.9 Å². The van der Waals surface area contributed by atoms with Crippen LogP contribution in [0.2, 0.25) is 0 Å². The summed E-state index contributed by atoms with van der Waals surface area (Å²) in [5.41, 5.74) is 4.02. The zero-order valence-electron chi connectivity index (χ0n) is 16.5. The van der Waals surface area contributed by atoms with Crippen LogP contribution in [0.15, 0.2) is 11.1 Å². The van der Waals surface area contributed by atoms with Crippen LogP contribution in [0, 0.1) is 0 Å². The van der Waals surface area contributed by atoms with Gasteiger partial charge >= 0.3 is 7.82 Å². The highest BCUT2D eigenvalue weighted by Crippen LogP contribution is 2.57. The fraction of sp³-hybridized carbons (Fsp3) is 0.688. The highest BCUT2D eigenvalue weighted by Gasteiger charge is 2.64. The molecule has 2 unspecified atom stereocenters. The number of ether oxygens (including phenoxy) is 2. The lowest BCUT2D eigenvalue weighted by atomic mass is 9.79. The van der Waals surface area contributed by atoms with E-state index in [0.717, 1.165) is 7.11 Å². The molecule has 2 aliphatic rings. The number of nitrogens with zero attached hydrogens (tertiary/aromatic N) is 3. The number of phosphoric ester groups is 1. The van der Waals surface area contributed by atoms with E-state index in [2.05, 4.69) is 19.5 Å². The molecule has 4 N–H and O–H groups in total. The highest BCUT2D eigenvalue weighted by molar-refractivity contribution is 7.47. The maximum absolute atomic E-state index is 12.2. The van der Waals surface area contributed by atoms with E-state index in [4.69, 9.17) is 19.7 Å². The smallest absolute Gasteiger partial charge is 0.369 e. The van der Waals surface area contributed by atoms with Gasteiger partial charge in [0.15, 0.2) is 17.4 Å². The standard InChI is InChI=1S/C16H24N5O7P/c1-5-16-6-15(2,3)26-9(10(16)28-29(23,24)25-4)13(27-16)21-7-18-8-11(21)19-14(17)20-12(8)22/h7,9-10,13H,5-6H2,1-4H3,(H,23,24)(H3,17,19,20,22)/t9-,10?,13+,16-/m0/s1. The Labute approximate surface area is 165 Å². The molecule has 13 heteroatoms. The minimum absolute atomic E-state index is 0.0660. The molecule has 0 amide bonds. The summed E-state index contributed by atoms with van der Waals surface area (Å²) in [7, 11) is -3.22. The van der Waals surface area contributed by atoms with Crippen molar-refractivity contribution in [1.29, 1.82) is 0 Å². The highest BCUT2D eigenvalue weighted by atomic mass is 31.2. The number of nitrogen functional groups attached to an aromatic ring is 1. The van der Waals surface area contributed by atoms with Crippen molar-refractivity contribution < 1.29 is 28.0 Å². The molecule has 12 nitrogen and oxygen atoms in total. The molecule has 4 heterocycles. The quantitative estimate of drug-likeness (QED) is 0.586. The van der Waals surface area contributed by atoms with Gasteiger partial charge < -0.3 is 20.1 Å². The van der Waals surface area contributed by atoms with E-state index in [0.29, 0.717) is 12.8 Å². The summed E-state index contributed by atoms with van der Waals surface area (Å²) in [4.78, 5) is 32.8. The Morgan fingerprint density at radius 3 is 2.86 bits per heavy atom. The minimum Gasteiger partial charge on any atom is -0.369 e. The summed E-state index contributed by atoms with van der Waals surface area (Å²) < 4.78 is 36.4. The van der Waals surface area contributed by atoms with E-state index in [1.54, 1.807) is 0 Å². The molecule has 5 atom stereocenters. The number of aromatic amines is 1. The van der Waals surface area contributed by atoms with Crippen molar-refractivity contribution in [2.24, 2.45) is 0 Å². The van der Waals surface area contributed by atoms with E-state index in [1.165, 1.54) is 10.9 Å². The van der Waals surface area contributed by atoms with Crippen molar-refractivity contribution in [3.8, 4) is 0 Å². The SMILES string of the molecule is CC[C@]12CC(C)(C)O[C@@H](C1OP(=O)(O)OC)[C@H](n1cnc3c(=O)[nH]c(N)nc31)O2. The van der Waals surface area contributed by atoms with Gasteiger partial charge in [0, 0.05) is 13.5 Å². The Morgan fingerprint density at radius 1 is 1.48 bits per heavy atom. The molecule has 0 spiro atoms. The number of imidazole rings is 1. The fourth-order valence-corrected chi connectivity index (χ4v) is 5.00. The number of nitrogens with one attached hydrogen (secondary N) is 1. The van der Waals surface area contributed by atoms with Crippen molar-refractivity contribution >= 4 is 24.9 Å². The van der Waals surface area contributed by atoms with Gasteiger partial charge in [0.2, 0.25) is 5.95 Å². The van der Waals surface area contributed by atoms with Gasteiger partial charge in [-0.3, -0.25) is 23.4 Å². The Balaban J connectivity index is 1.84. The molecule has 29 heavy (non-hydrogen) atoms. The van der Waals surface area contributed by atoms with Crippen LogP contribution in [0.4, 0.5) is 5.95 Å². The maximum Gasteiger partial charge on any atom is 0.472 e. The van der Waals surface area contributed by atoms with Crippen LogP contribution in [0.3, 0.4) is 0 Å². The van der Waals surface area contributed by atoms with E-state index in [9.17, 15) is 14.3 Å². The first-order valence-electron chi connectivity index (χ1n) is 9.16. The average molecular weight is 429 g/mol. The summed E-state index contributed by atoms with van der Waals surface area (Å²) in [5.74, 6) is -0.0660. The molecule has 2 aromatic heterocycles. The molecule has 2 aromatic rings. The molecule has 2 bridgehead atoms. The van der Waals surface area contributed by atoms with E-state index < -0.39 is 43.0 Å². The molecule has 2 saturated heterocycles. The first kappa shape index (κ1) is 20.5. The predicted molar refractivity (Wildman–Crippen MR) is 101 cm³/mol. The number of nitrogens with two attached hydrogens (primary N) is 1. The number of rotatable bonds is 5. The summed E-state index contributed by atoms with van der Waals surface area (Å²) >= 11 is 0. The number of hydrogen-bond acceptors (Lipinski definition) is 9. The van der Waals surface area contributed by atoms with Gasteiger partial charge in [0.25, 0.3) is 5.56 Å². The Morgan fingerprint density at radius 2 is 2.21 bits per heavy atom. The molecule has 0 aliphatic carbocycles. The molecule has 160 valence electrons. The summed E-state index contributed by atoms with van der Waals surface area (Å²) in [6, 6.07) is 0. The van der Waals surface area contributed by atoms with Crippen molar-refractivity contribution in [1.82, 2.24) is 19.5 Å². The molecular formula is C16H24N5O7P. The van der Waals surface area contributed by atoms with Gasteiger partial charge in [-0.25, -0.2) is 9.55 Å². The molecular weight excluding hydrogens is 405 g/mol. The molecule has 4 rings (SSSR count). The lowest BCUT2D eigenvalue weighted by Gasteiger charge is -2.45. The number of fused-ring (bicyclic) bond motifs is 3. The van der Waals surface area contributed by atoms with Gasteiger partial charge in [-0.05, 0) is 20.3 Å². The Bertz CT molecular complexity index is 1050. The number of H-pyrrole nitrogens is 1. The van der Waals surface area contributed by atoms with E-state index >= 15 is 0 Å². The molecule has 0 radical (unpaired) electrons. The largest absolute Gasteiger partial charge is 0.472 e. The van der Waals surface area contributed by atoms with Crippen LogP contribution in [-0.2, 0) is 23.1 Å². The monoisotopic (exact) mass is 429 g/mol. The van der Waals surface area contributed by atoms with Gasteiger partial charge in [0.05, 0.1) is 11.9 Å². The number of aromatic nitrogens is 4. The summed E-state index contributed by atoms with van der Waals surface area (Å²) in [6.45, 7) is 5.72. The first-order chi connectivity index (χ1) is 13.5. The summed E-state index contributed by atoms with van der Waals surface area (Å²) in [5, 5.41) is 0. The molecule has 0 aromatic carbocycles. The van der Waals surface area contributed by atoms with Crippen LogP contribution in [0.25, 0.3) is 11.2 Å².